The highest BCUT2D eigenvalue weighted by molar-refractivity contribution is 5.95. The monoisotopic (exact) mass is 292 g/mol. The van der Waals surface area contributed by atoms with Crippen molar-refractivity contribution in [2.45, 2.75) is 32.2 Å². The zero-order valence-electron chi connectivity index (χ0n) is 12.0. The second-order valence-corrected chi connectivity index (χ2v) is 5.24. The lowest BCUT2D eigenvalue weighted by Gasteiger charge is -2.30. The molecule has 0 radical (unpaired) electrons. The van der Waals surface area contributed by atoms with Crippen LogP contribution >= 0.6 is 0 Å². The molecule has 2 amide bonds. The van der Waals surface area contributed by atoms with Gasteiger partial charge in [-0.15, -0.1) is 0 Å². The molecule has 6 heteroatoms. The minimum absolute atomic E-state index is 0.00430. The number of aliphatic hydroxyl groups excluding tert-OH is 1. The number of amides is 2. The summed E-state index contributed by atoms with van der Waals surface area (Å²) in [6.07, 6.45) is 1.76. The number of nitrogens with zero attached hydrogens (tertiary/aromatic N) is 1. The van der Waals surface area contributed by atoms with Crippen molar-refractivity contribution >= 4 is 17.7 Å². The number of anilines is 1. The van der Waals surface area contributed by atoms with E-state index in [9.17, 15) is 9.59 Å². The summed E-state index contributed by atoms with van der Waals surface area (Å²) < 4.78 is 0. The fourth-order valence-corrected chi connectivity index (χ4v) is 2.55. The molecule has 1 atom stereocenters. The standard InChI is InChI=1S/C15H20N2O4/c1-10-4-5-13-11(9-10)3-2-7-17(13)15(21)16-12(6-8-18)14(19)20/h4-5,9,12,18H,2-3,6-8H2,1H3,(H,16,21)(H,19,20)/t12-/m1/s1. The van der Waals surface area contributed by atoms with Crippen LogP contribution in [-0.4, -0.2) is 41.4 Å². The van der Waals surface area contributed by atoms with Gasteiger partial charge in [0.2, 0.25) is 0 Å². The highest BCUT2D eigenvalue weighted by Gasteiger charge is 2.26. The first-order valence-electron chi connectivity index (χ1n) is 7.04. The van der Waals surface area contributed by atoms with Gasteiger partial charge in [0.25, 0.3) is 0 Å². The van der Waals surface area contributed by atoms with Crippen LogP contribution in [0.15, 0.2) is 18.2 Å². The van der Waals surface area contributed by atoms with E-state index in [0.717, 1.165) is 29.7 Å². The van der Waals surface area contributed by atoms with Gasteiger partial charge in [0.1, 0.15) is 6.04 Å². The molecule has 6 nitrogen and oxygen atoms in total. The molecule has 0 fully saturated rings. The summed E-state index contributed by atoms with van der Waals surface area (Å²) in [7, 11) is 0. The fourth-order valence-electron chi connectivity index (χ4n) is 2.55. The third kappa shape index (κ3) is 3.52. The van der Waals surface area contributed by atoms with Gasteiger partial charge in [-0.05, 0) is 31.4 Å². The number of aliphatic carboxylic acids is 1. The first-order chi connectivity index (χ1) is 10.0. The molecule has 2 rings (SSSR count). The van der Waals surface area contributed by atoms with Gasteiger partial charge in [-0.2, -0.15) is 0 Å². The van der Waals surface area contributed by atoms with Crippen LogP contribution in [-0.2, 0) is 11.2 Å². The summed E-state index contributed by atoms with van der Waals surface area (Å²) in [6, 6.07) is 4.38. The summed E-state index contributed by atoms with van der Waals surface area (Å²) in [4.78, 5) is 24.9. The van der Waals surface area contributed by atoms with Crippen molar-refractivity contribution in [2.24, 2.45) is 0 Å². The second-order valence-electron chi connectivity index (χ2n) is 5.24. The van der Waals surface area contributed by atoms with Crippen LogP contribution in [0, 0.1) is 6.92 Å². The molecule has 1 aliphatic heterocycles. The Kier molecular flexibility index (Phi) is 4.80. The average Bonchev–Trinajstić information content (AvgIpc) is 2.45. The number of carbonyl (C=O) groups excluding carboxylic acids is 1. The van der Waals surface area contributed by atoms with Gasteiger partial charge in [-0.3, -0.25) is 4.90 Å². The molecule has 0 aliphatic carbocycles. The van der Waals surface area contributed by atoms with Crippen LogP contribution in [0.25, 0.3) is 0 Å². The molecule has 0 bridgehead atoms. The topological polar surface area (TPSA) is 89.9 Å². The number of carboxylic acid groups (broad SMARTS) is 1. The summed E-state index contributed by atoms with van der Waals surface area (Å²) in [6.45, 7) is 2.28. The van der Waals surface area contributed by atoms with E-state index in [-0.39, 0.29) is 13.0 Å². The van der Waals surface area contributed by atoms with E-state index in [2.05, 4.69) is 11.4 Å². The predicted octanol–water partition coefficient (Wildman–Crippen LogP) is 1.29. The number of carboxylic acids is 1. The third-order valence-electron chi connectivity index (χ3n) is 3.61. The van der Waals surface area contributed by atoms with E-state index < -0.39 is 18.0 Å². The molecule has 0 saturated heterocycles. The van der Waals surface area contributed by atoms with Gasteiger partial charge in [-0.1, -0.05) is 17.7 Å². The van der Waals surface area contributed by atoms with Gasteiger partial charge < -0.3 is 15.5 Å². The summed E-state index contributed by atoms with van der Waals surface area (Å²) in [5.41, 5.74) is 3.07. The van der Waals surface area contributed by atoms with Crippen molar-refractivity contribution in [2.75, 3.05) is 18.1 Å². The minimum Gasteiger partial charge on any atom is -0.480 e. The van der Waals surface area contributed by atoms with E-state index in [1.54, 1.807) is 4.90 Å². The number of hydrogen-bond acceptors (Lipinski definition) is 3. The Bertz CT molecular complexity index is 544. The smallest absolute Gasteiger partial charge is 0.326 e. The number of urea groups is 1. The number of aliphatic hydroxyl groups is 1. The first kappa shape index (κ1) is 15.3. The van der Waals surface area contributed by atoms with Crippen LogP contribution in [0.5, 0.6) is 0 Å². The Morgan fingerprint density at radius 2 is 2.19 bits per heavy atom. The largest absolute Gasteiger partial charge is 0.480 e. The Labute approximate surface area is 123 Å². The average molecular weight is 292 g/mol. The van der Waals surface area contributed by atoms with E-state index in [1.165, 1.54) is 0 Å². The number of carbonyl (C=O) groups is 2. The number of benzene rings is 1. The normalized spacial score (nSPS) is 15.2. The molecule has 0 saturated carbocycles. The molecule has 1 aromatic rings. The highest BCUT2D eigenvalue weighted by Crippen LogP contribution is 2.28. The Hall–Kier alpha value is -2.08. The van der Waals surface area contributed by atoms with Crippen molar-refractivity contribution in [3.8, 4) is 0 Å². The molecule has 1 aliphatic rings. The van der Waals surface area contributed by atoms with Crippen molar-refractivity contribution in [3.05, 3.63) is 29.3 Å². The zero-order valence-corrected chi connectivity index (χ0v) is 12.0. The maximum Gasteiger partial charge on any atom is 0.326 e. The summed E-state index contributed by atoms with van der Waals surface area (Å²) in [5.74, 6) is -1.14. The Morgan fingerprint density at radius 1 is 1.43 bits per heavy atom. The van der Waals surface area contributed by atoms with Crippen LogP contribution in [0.4, 0.5) is 10.5 Å². The molecular weight excluding hydrogens is 272 g/mol. The van der Waals surface area contributed by atoms with Crippen LogP contribution in [0.3, 0.4) is 0 Å². The maximum atomic E-state index is 12.3. The quantitative estimate of drug-likeness (QED) is 0.780. The molecule has 114 valence electrons. The number of fused-ring (bicyclic) bond motifs is 1. The second kappa shape index (κ2) is 6.58. The number of nitrogens with one attached hydrogen (secondary N) is 1. The van der Waals surface area contributed by atoms with Crippen LogP contribution < -0.4 is 10.2 Å². The van der Waals surface area contributed by atoms with Gasteiger partial charge >= 0.3 is 12.0 Å². The van der Waals surface area contributed by atoms with E-state index in [4.69, 9.17) is 10.2 Å². The van der Waals surface area contributed by atoms with Gasteiger partial charge in [-0.25, -0.2) is 9.59 Å². The zero-order chi connectivity index (χ0) is 15.4. The molecule has 0 unspecified atom stereocenters. The third-order valence-corrected chi connectivity index (χ3v) is 3.61. The summed E-state index contributed by atoms with van der Waals surface area (Å²) >= 11 is 0. The predicted molar refractivity (Wildman–Crippen MR) is 78.5 cm³/mol. The highest BCUT2D eigenvalue weighted by atomic mass is 16.4. The SMILES string of the molecule is Cc1ccc2c(c1)CCCN2C(=O)N[C@H](CCO)C(=O)O. The van der Waals surface area contributed by atoms with Crippen molar-refractivity contribution < 1.29 is 19.8 Å². The van der Waals surface area contributed by atoms with Crippen molar-refractivity contribution in [1.82, 2.24) is 5.32 Å². The molecular formula is C15H20N2O4. The lowest BCUT2D eigenvalue weighted by Crippen LogP contribution is -2.49. The van der Waals surface area contributed by atoms with Gasteiger partial charge in [0, 0.05) is 25.3 Å². The minimum atomic E-state index is -1.14. The van der Waals surface area contributed by atoms with E-state index >= 15 is 0 Å². The van der Waals surface area contributed by atoms with E-state index in [1.807, 2.05) is 19.1 Å². The van der Waals surface area contributed by atoms with Crippen LogP contribution in [0.2, 0.25) is 0 Å². The molecule has 1 aromatic carbocycles. The van der Waals surface area contributed by atoms with Crippen molar-refractivity contribution in [3.63, 3.8) is 0 Å². The Morgan fingerprint density at radius 3 is 2.86 bits per heavy atom. The molecule has 21 heavy (non-hydrogen) atoms. The number of hydrogen-bond donors (Lipinski definition) is 3. The molecule has 0 aromatic heterocycles. The molecule has 3 N–H and O–H groups in total. The maximum absolute atomic E-state index is 12.3. The first-order valence-corrected chi connectivity index (χ1v) is 7.04. The number of aryl methyl sites for hydroxylation is 2. The van der Waals surface area contributed by atoms with Gasteiger partial charge in [0.15, 0.2) is 0 Å². The van der Waals surface area contributed by atoms with Gasteiger partial charge in [0.05, 0.1) is 0 Å². The lowest BCUT2D eigenvalue weighted by atomic mass is 10.00. The molecule has 1 heterocycles. The number of rotatable bonds is 4. The lowest BCUT2D eigenvalue weighted by molar-refractivity contribution is -0.139. The van der Waals surface area contributed by atoms with E-state index in [0.29, 0.717) is 6.54 Å². The summed E-state index contributed by atoms with van der Waals surface area (Å²) in [5, 5.41) is 20.4. The molecule has 0 spiro atoms. The Balaban J connectivity index is 2.16. The fraction of sp³-hybridized carbons (Fsp3) is 0.467. The van der Waals surface area contributed by atoms with Crippen molar-refractivity contribution in [1.29, 1.82) is 0 Å². The van der Waals surface area contributed by atoms with Crippen LogP contribution in [0.1, 0.15) is 24.0 Å².